The van der Waals surface area contributed by atoms with Crippen molar-refractivity contribution >= 4 is 5.91 Å². The number of aromatic nitrogens is 2. The van der Waals surface area contributed by atoms with Crippen molar-refractivity contribution in [1.29, 1.82) is 0 Å². The fourth-order valence-electron chi connectivity index (χ4n) is 5.23. The Bertz CT molecular complexity index is 805. The molecule has 1 atom stereocenters. The highest BCUT2D eigenvalue weighted by molar-refractivity contribution is 5.92. The summed E-state index contributed by atoms with van der Waals surface area (Å²) in [4.78, 5) is 24.1. The summed E-state index contributed by atoms with van der Waals surface area (Å²) in [5.41, 5.74) is 3.79. The Balaban J connectivity index is 1.37. The van der Waals surface area contributed by atoms with Crippen LogP contribution in [-0.4, -0.2) is 65.1 Å². The largest absolute Gasteiger partial charge is 0.379 e. The second-order valence-electron chi connectivity index (χ2n) is 7.99. The number of hydrogen-bond acceptors (Lipinski definition) is 4. The maximum Gasteiger partial charge on any atom is 0.271 e. The van der Waals surface area contributed by atoms with Gasteiger partial charge in [0.1, 0.15) is 5.69 Å². The van der Waals surface area contributed by atoms with Gasteiger partial charge in [0.05, 0.1) is 25.7 Å². The molecule has 2 aromatic rings. The fourth-order valence-corrected chi connectivity index (χ4v) is 5.23. The van der Waals surface area contributed by atoms with Gasteiger partial charge in [-0.3, -0.25) is 9.69 Å². The molecule has 0 radical (unpaired) electrons. The van der Waals surface area contributed by atoms with E-state index in [1.54, 1.807) is 12.5 Å². The maximum atomic E-state index is 12.7. The van der Waals surface area contributed by atoms with Gasteiger partial charge in [-0.1, -0.05) is 24.3 Å². The van der Waals surface area contributed by atoms with Gasteiger partial charge < -0.3 is 14.6 Å². The SMILES string of the molecule is O=C(c1cnc[nH]1)N1CCC2(CC1)C[C@H](N1CCOCC1)c1ccccc12. The summed E-state index contributed by atoms with van der Waals surface area (Å²) >= 11 is 0. The molecule has 6 heteroatoms. The van der Waals surface area contributed by atoms with Gasteiger partial charge in [0.2, 0.25) is 0 Å². The van der Waals surface area contributed by atoms with Crippen molar-refractivity contribution in [2.45, 2.75) is 30.7 Å². The number of amides is 1. The average Bonchev–Trinajstić information content (AvgIpc) is 3.37. The summed E-state index contributed by atoms with van der Waals surface area (Å²) in [7, 11) is 0. The number of carbonyl (C=O) groups is 1. The second kappa shape index (κ2) is 6.77. The van der Waals surface area contributed by atoms with Crippen LogP contribution < -0.4 is 0 Å². The highest BCUT2D eigenvalue weighted by Crippen LogP contribution is 2.52. The van der Waals surface area contributed by atoms with Crippen molar-refractivity contribution in [1.82, 2.24) is 19.8 Å². The first-order valence-electron chi connectivity index (χ1n) is 9.96. The number of fused-ring (bicyclic) bond motifs is 2. The molecular weight excluding hydrogens is 340 g/mol. The summed E-state index contributed by atoms with van der Waals surface area (Å²) in [6.07, 6.45) is 6.42. The number of nitrogens with zero attached hydrogens (tertiary/aromatic N) is 3. The van der Waals surface area contributed by atoms with Gasteiger partial charge >= 0.3 is 0 Å². The molecule has 1 aliphatic carbocycles. The van der Waals surface area contributed by atoms with Crippen LogP contribution in [0, 0.1) is 0 Å². The number of morpholine rings is 1. The smallest absolute Gasteiger partial charge is 0.271 e. The van der Waals surface area contributed by atoms with E-state index in [4.69, 9.17) is 4.74 Å². The Hall–Kier alpha value is -2.18. The highest BCUT2D eigenvalue weighted by atomic mass is 16.5. The first-order chi connectivity index (χ1) is 13.3. The number of aromatic amines is 1. The first kappa shape index (κ1) is 17.0. The van der Waals surface area contributed by atoms with Gasteiger partial charge in [0.15, 0.2) is 0 Å². The molecule has 1 N–H and O–H groups in total. The van der Waals surface area contributed by atoms with Crippen LogP contribution in [0.15, 0.2) is 36.8 Å². The third kappa shape index (κ3) is 2.87. The topological polar surface area (TPSA) is 61.5 Å². The van der Waals surface area contributed by atoms with E-state index < -0.39 is 0 Å². The van der Waals surface area contributed by atoms with Crippen LogP contribution >= 0.6 is 0 Å². The van der Waals surface area contributed by atoms with Gasteiger partial charge in [-0.2, -0.15) is 0 Å². The molecule has 1 aromatic heterocycles. The van der Waals surface area contributed by atoms with E-state index in [0.29, 0.717) is 11.7 Å². The van der Waals surface area contributed by atoms with E-state index >= 15 is 0 Å². The lowest BCUT2D eigenvalue weighted by Crippen LogP contribution is -2.45. The summed E-state index contributed by atoms with van der Waals surface area (Å²) in [5, 5.41) is 0. The van der Waals surface area contributed by atoms with E-state index in [1.807, 2.05) is 4.90 Å². The third-order valence-electron chi connectivity index (χ3n) is 6.70. The molecule has 1 aromatic carbocycles. The average molecular weight is 366 g/mol. The van der Waals surface area contributed by atoms with Crippen molar-refractivity contribution in [2.75, 3.05) is 39.4 Å². The molecule has 0 saturated carbocycles. The summed E-state index contributed by atoms with van der Waals surface area (Å²) in [5.74, 6) is 0.0679. The number of ether oxygens (including phenoxy) is 1. The lowest BCUT2D eigenvalue weighted by Gasteiger charge is -2.41. The Kier molecular flexibility index (Phi) is 4.25. The van der Waals surface area contributed by atoms with Crippen molar-refractivity contribution in [2.24, 2.45) is 0 Å². The van der Waals surface area contributed by atoms with Gasteiger partial charge in [0.25, 0.3) is 5.91 Å². The molecule has 5 rings (SSSR count). The molecule has 2 aliphatic heterocycles. The van der Waals surface area contributed by atoms with Crippen LogP contribution in [0.1, 0.15) is 46.9 Å². The van der Waals surface area contributed by atoms with Crippen LogP contribution in [0.5, 0.6) is 0 Å². The van der Waals surface area contributed by atoms with Crippen LogP contribution in [0.3, 0.4) is 0 Å². The second-order valence-corrected chi connectivity index (χ2v) is 7.99. The van der Waals surface area contributed by atoms with Crippen LogP contribution in [0.2, 0.25) is 0 Å². The number of nitrogens with one attached hydrogen (secondary N) is 1. The van der Waals surface area contributed by atoms with E-state index in [-0.39, 0.29) is 11.3 Å². The Labute approximate surface area is 159 Å². The number of benzene rings is 1. The van der Waals surface area contributed by atoms with E-state index in [2.05, 4.69) is 39.1 Å². The van der Waals surface area contributed by atoms with Crippen LogP contribution in [0.25, 0.3) is 0 Å². The zero-order valence-electron chi connectivity index (χ0n) is 15.6. The Morgan fingerprint density at radius 2 is 1.93 bits per heavy atom. The number of piperidine rings is 1. The van der Waals surface area contributed by atoms with Crippen molar-refractivity contribution in [3.63, 3.8) is 0 Å². The summed E-state index contributed by atoms with van der Waals surface area (Å²) < 4.78 is 5.57. The molecule has 0 unspecified atom stereocenters. The highest BCUT2D eigenvalue weighted by Gasteiger charge is 2.47. The minimum atomic E-state index is 0.0679. The lowest BCUT2D eigenvalue weighted by atomic mass is 9.73. The predicted octanol–water partition coefficient (Wildman–Crippen LogP) is 2.36. The molecule has 0 bridgehead atoms. The monoisotopic (exact) mass is 366 g/mol. The normalized spacial score (nSPS) is 24.9. The zero-order valence-corrected chi connectivity index (χ0v) is 15.6. The minimum Gasteiger partial charge on any atom is -0.379 e. The Morgan fingerprint density at radius 3 is 2.67 bits per heavy atom. The maximum absolute atomic E-state index is 12.7. The van der Waals surface area contributed by atoms with Crippen molar-refractivity contribution in [3.8, 4) is 0 Å². The van der Waals surface area contributed by atoms with E-state index in [1.165, 1.54) is 17.5 Å². The van der Waals surface area contributed by atoms with Gasteiger partial charge in [-0.05, 0) is 30.4 Å². The first-order valence-corrected chi connectivity index (χ1v) is 9.96. The van der Waals surface area contributed by atoms with Gasteiger partial charge in [0, 0.05) is 37.6 Å². The molecule has 6 nitrogen and oxygen atoms in total. The number of H-pyrrole nitrogens is 1. The van der Waals surface area contributed by atoms with Gasteiger partial charge in [-0.15, -0.1) is 0 Å². The zero-order chi connectivity index (χ0) is 18.3. The number of likely N-dealkylation sites (tertiary alicyclic amines) is 1. The van der Waals surface area contributed by atoms with Crippen molar-refractivity contribution < 1.29 is 9.53 Å². The molecule has 2 saturated heterocycles. The van der Waals surface area contributed by atoms with Gasteiger partial charge in [-0.25, -0.2) is 4.98 Å². The third-order valence-corrected chi connectivity index (χ3v) is 6.70. The quantitative estimate of drug-likeness (QED) is 0.886. The standard InChI is InChI=1S/C21H26N4O2/c26-20(18-14-22-15-23-18)25-7-5-21(6-8-25)13-19(24-9-11-27-12-10-24)16-3-1-2-4-17(16)21/h1-4,14-15,19H,5-13H2,(H,22,23)/t19-/m0/s1. The van der Waals surface area contributed by atoms with Crippen LogP contribution in [0.4, 0.5) is 0 Å². The molecule has 1 amide bonds. The molecular formula is C21H26N4O2. The molecule has 142 valence electrons. The molecule has 1 spiro atoms. The predicted molar refractivity (Wildman–Crippen MR) is 102 cm³/mol. The number of imidazole rings is 1. The molecule has 2 fully saturated rings. The number of hydrogen-bond donors (Lipinski definition) is 1. The minimum absolute atomic E-state index is 0.0679. The van der Waals surface area contributed by atoms with E-state index in [0.717, 1.165) is 52.2 Å². The molecule has 3 heterocycles. The lowest BCUT2D eigenvalue weighted by molar-refractivity contribution is 0.0104. The Morgan fingerprint density at radius 1 is 1.15 bits per heavy atom. The summed E-state index contributed by atoms with van der Waals surface area (Å²) in [6.45, 7) is 5.30. The summed E-state index contributed by atoms with van der Waals surface area (Å²) in [6, 6.07) is 9.46. The van der Waals surface area contributed by atoms with Crippen molar-refractivity contribution in [3.05, 3.63) is 53.6 Å². The molecule has 27 heavy (non-hydrogen) atoms. The number of carbonyl (C=O) groups excluding carboxylic acids is 1. The van der Waals surface area contributed by atoms with Crippen LogP contribution in [-0.2, 0) is 10.2 Å². The fraction of sp³-hybridized carbons (Fsp3) is 0.524. The number of rotatable bonds is 2. The van der Waals surface area contributed by atoms with E-state index in [9.17, 15) is 4.79 Å². The molecule has 3 aliphatic rings.